The van der Waals surface area contributed by atoms with Crippen molar-refractivity contribution in [3.05, 3.63) is 29.8 Å². The van der Waals surface area contributed by atoms with E-state index in [9.17, 15) is 18.0 Å². The molecule has 0 bridgehead atoms. The zero-order valence-corrected chi connectivity index (χ0v) is 12.1. The molecule has 120 valence electrons. The van der Waals surface area contributed by atoms with Crippen molar-refractivity contribution >= 4 is 11.6 Å². The summed E-state index contributed by atoms with van der Waals surface area (Å²) in [7, 11) is 0. The molecule has 1 N–H and O–H groups in total. The highest BCUT2D eigenvalue weighted by molar-refractivity contribution is 5.80. The summed E-state index contributed by atoms with van der Waals surface area (Å²) in [6, 6.07) is 5.20. The van der Waals surface area contributed by atoms with Gasteiger partial charge in [0, 0.05) is 45.0 Å². The first kappa shape index (κ1) is 15.1. The van der Waals surface area contributed by atoms with Gasteiger partial charge in [0.2, 0.25) is 5.91 Å². The van der Waals surface area contributed by atoms with E-state index in [0.717, 1.165) is 30.9 Å². The molecule has 0 spiro atoms. The van der Waals surface area contributed by atoms with Crippen molar-refractivity contribution in [2.24, 2.45) is 5.92 Å². The van der Waals surface area contributed by atoms with Crippen molar-refractivity contribution < 1.29 is 18.0 Å². The van der Waals surface area contributed by atoms with Crippen LogP contribution in [0.2, 0.25) is 0 Å². The summed E-state index contributed by atoms with van der Waals surface area (Å²) in [5, 5.41) is 3.08. The number of rotatable bonds is 2. The van der Waals surface area contributed by atoms with E-state index in [1.54, 1.807) is 0 Å². The Labute approximate surface area is 126 Å². The van der Waals surface area contributed by atoms with Gasteiger partial charge in [-0.05, 0) is 24.3 Å². The van der Waals surface area contributed by atoms with Gasteiger partial charge in [0.15, 0.2) is 0 Å². The summed E-state index contributed by atoms with van der Waals surface area (Å²) in [6.45, 7) is 4.04. The maximum Gasteiger partial charge on any atom is 0.416 e. The van der Waals surface area contributed by atoms with E-state index >= 15 is 0 Å². The molecular formula is C15H18F3N3O. The summed E-state index contributed by atoms with van der Waals surface area (Å²) < 4.78 is 37.7. The van der Waals surface area contributed by atoms with Crippen LogP contribution in [0.4, 0.5) is 18.9 Å². The molecule has 1 amide bonds. The van der Waals surface area contributed by atoms with Crippen molar-refractivity contribution in [2.75, 3.05) is 44.2 Å². The zero-order chi connectivity index (χ0) is 15.7. The standard InChI is InChI=1S/C15H18F3N3O/c16-15(17,18)12-1-3-13(4-2-12)20-5-7-21(8-6-20)14(22)11-9-19-10-11/h1-4,11,19H,5-10H2. The van der Waals surface area contributed by atoms with Gasteiger partial charge in [0.1, 0.15) is 0 Å². The van der Waals surface area contributed by atoms with Gasteiger partial charge in [-0.15, -0.1) is 0 Å². The Morgan fingerprint density at radius 2 is 1.64 bits per heavy atom. The minimum Gasteiger partial charge on any atom is -0.368 e. The van der Waals surface area contributed by atoms with Gasteiger partial charge in [-0.25, -0.2) is 0 Å². The molecule has 0 unspecified atom stereocenters. The molecule has 2 saturated heterocycles. The van der Waals surface area contributed by atoms with Crippen molar-refractivity contribution in [1.29, 1.82) is 0 Å². The Bertz CT molecular complexity index is 532. The highest BCUT2D eigenvalue weighted by atomic mass is 19.4. The van der Waals surface area contributed by atoms with Crippen molar-refractivity contribution in [2.45, 2.75) is 6.18 Å². The van der Waals surface area contributed by atoms with Crippen LogP contribution in [0.1, 0.15) is 5.56 Å². The fraction of sp³-hybridized carbons (Fsp3) is 0.533. The number of piperazine rings is 1. The van der Waals surface area contributed by atoms with E-state index in [2.05, 4.69) is 5.32 Å². The van der Waals surface area contributed by atoms with Gasteiger partial charge in [0.25, 0.3) is 0 Å². The maximum atomic E-state index is 12.6. The van der Waals surface area contributed by atoms with Crippen LogP contribution in [-0.2, 0) is 11.0 Å². The number of nitrogens with one attached hydrogen (secondary N) is 1. The molecule has 3 rings (SSSR count). The topological polar surface area (TPSA) is 35.6 Å². The largest absolute Gasteiger partial charge is 0.416 e. The molecule has 7 heteroatoms. The predicted octanol–water partition coefficient (Wildman–Crippen LogP) is 1.57. The summed E-state index contributed by atoms with van der Waals surface area (Å²) in [4.78, 5) is 16.0. The van der Waals surface area contributed by atoms with Crippen molar-refractivity contribution in [1.82, 2.24) is 10.2 Å². The van der Waals surface area contributed by atoms with E-state index in [1.807, 2.05) is 9.80 Å². The molecule has 0 atom stereocenters. The number of carbonyl (C=O) groups is 1. The first-order valence-electron chi connectivity index (χ1n) is 7.37. The molecule has 0 saturated carbocycles. The summed E-state index contributed by atoms with van der Waals surface area (Å²) >= 11 is 0. The van der Waals surface area contributed by atoms with E-state index in [0.29, 0.717) is 26.2 Å². The lowest BCUT2D eigenvalue weighted by atomic mass is 10.0. The van der Waals surface area contributed by atoms with E-state index in [4.69, 9.17) is 0 Å². The summed E-state index contributed by atoms with van der Waals surface area (Å²) in [6.07, 6.45) is -4.31. The Kier molecular flexibility index (Phi) is 3.99. The zero-order valence-electron chi connectivity index (χ0n) is 12.1. The molecule has 22 heavy (non-hydrogen) atoms. The predicted molar refractivity (Wildman–Crippen MR) is 76.6 cm³/mol. The molecule has 2 aliphatic rings. The summed E-state index contributed by atoms with van der Waals surface area (Å²) in [5.74, 6) is 0.281. The lowest BCUT2D eigenvalue weighted by Crippen LogP contribution is -2.56. The normalized spacial score (nSPS) is 20.0. The highest BCUT2D eigenvalue weighted by Gasteiger charge is 2.32. The number of nitrogens with zero attached hydrogens (tertiary/aromatic N) is 2. The first-order chi connectivity index (χ1) is 10.4. The summed E-state index contributed by atoms with van der Waals surface area (Å²) in [5.41, 5.74) is 0.132. The van der Waals surface area contributed by atoms with Crippen LogP contribution in [-0.4, -0.2) is 50.1 Å². The Balaban J connectivity index is 1.58. The number of halogens is 3. The monoisotopic (exact) mass is 313 g/mol. The van der Waals surface area contributed by atoms with Gasteiger partial charge < -0.3 is 15.1 Å². The van der Waals surface area contributed by atoms with E-state index < -0.39 is 11.7 Å². The molecule has 0 radical (unpaired) electrons. The second-order valence-corrected chi connectivity index (χ2v) is 5.71. The third-order valence-corrected chi connectivity index (χ3v) is 4.28. The minimum absolute atomic E-state index is 0.0950. The molecular weight excluding hydrogens is 295 g/mol. The average molecular weight is 313 g/mol. The SMILES string of the molecule is O=C(C1CNC1)N1CCN(c2ccc(C(F)(F)F)cc2)CC1. The number of amides is 1. The van der Waals surface area contributed by atoms with Gasteiger partial charge in [-0.3, -0.25) is 4.79 Å². The number of hydrogen-bond donors (Lipinski definition) is 1. The van der Waals surface area contributed by atoms with Gasteiger partial charge in [-0.1, -0.05) is 0 Å². The van der Waals surface area contributed by atoms with Crippen LogP contribution in [0, 0.1) is 5.92 Å². The van der Waals surface area contributed by atoms with Crippen molar-refractivity contribution in [3.8, 4) is 0 Å². The Morgan fingerprint density at radius 1 is 1.05 bits per heavy atom. The van der Waals surface area contributed by atoms with Crippen LogP contribution >= 0.6 is 0 Å². The molecule has 2 heterocycles. The Hall–Kier alpha value is -1.76. The van der Waals surface area contributed by atoms with Gasteiger partial charge in [0.05, 0.1) is 11.5 Å². The lowest BCUT2D eigenvalue weighted by Gasteiger charge is -2.39. The second kappa shape index (κ2) is 5.79. The molecule has 2 aliphatic heterocycles. The van der Waals surface area contributed by atoms with Gasteiger partial charge >= 0.3 is 6.18 Å². The van der Waals surface area contributed by atoms with E-state index in [1.165, 1.54) is 12.1 Å². The Morgan fingerprint density at radius 3 is 2.09 bits per heavy atom. The van der Waals surface area contributed by atoms with Crippen LogP contribution < -0.4 is 10.2 Å². The quantitative estimate of drug-likeness (QED) is 0.900. The average Bonchev–Trinajstić information content (AvgIpc) is 2.45. The molecule has 1 aromatic carbocycles. The maximum absolute atomic E-state index is 12.6. The molecule has 2 fully saturated rings. The van der Waals surface area contributed by atoms with Crippen LogP contribution in [0.5, 0.6) is 0 Å². The lowest BCUT2D eigenvalue weighted by molar-refractivity contribution is -0.138. The van der Waals surface area contributed by atoms with Crippen LogP contribution in [0.25, 0.3) is 0 Å². The fourth-order valence-corrected chi connectivity index (χ4v) is 2.77. The smallest absolute Gasteiger partial charge is 0.368 e. The van der Waals surface area contributed by atoms with Gasteiger partial charge in [-0.2, -0.15) is 13.2 Å². The third-order valence-electron chi connectivity index (χ3n) is 4.28. The second-order valence-electron chi connectivity index (χ2n) is 5.71. The minimum atomic E-state index is -4.31. The fourth-order valence-electron chi connectivity index (χ4n) is 2.77. The highest BCUT2D eigenvalue weighted by Crippen LogP contribution is 2.30. The van der Waals surface area contributed by atoms with Crippen LogP contribution in [0.3, 0.4) is 0 Å². The molecule has 1 aromatic rings. The first-order valence-corrected chi connectivity index (χ1v) is 7.37. The van der Waals surface area contributed by atoms with Crippen molar-refractivity contribution in [3.63, 3.8) is 0 Å². The number of hydrogen-bond acceptors (Lipinski definition) is 3. The number of carbonyl (C=O) groups excluding carboxylic acids is 1. The molecule has 0 aliphatic carbocycles. The molecule has 4 nitrogen and oxygen atoms in total. The number of anilines is 1. The van der Waals surface area contributed by atoms with E-state index in [-0.39, 0.29) is 11.8 Å². The van der Waals surface area contributed by atoms with Crippen LogP contribution in [0.15, 0.2) is 24.3 Å². The number of benzene rings is 1. The number of alkyl halides is 3. The third kappa shape index (κ3) is 3.04. The molecule has 0 aromatic heterocycles.